The summed E-state index contributed by atoms with van der Waals surface area (Å²) < 4.78 is 5.65. The van der Waals surface area contributed by atoms with Crippen LogP contribution in [0.2, 0.25) is 0 Å². The van der Waals surface area contributed by atoms with Crippen LogP contribution in [0.3, 0.4) is 0 Å². The van der Waals surface area contributed by atoms with Crippen molar-refractivity contribution in [3.05, 3.63) is 53.3 Å². The highest BCUT2D eigenvalue weighted by molar-refractivity contribution is 5.73. The zero-order valence-corrected chi connectivity index (χ0v) is 16.6. The van der Waals surface area contributed by atoms with Gasteiger partial charge in [-0.25, -0.2) is 14.8 Å². The van der Waals surface area contributed by atoms with Gasteiger partial charge in [-0.05, 0) is 42.9 Å². The van der Waals surface area contributed by atoms with Crippen LogP contribution in [0.1, 0.15) is 48.8 Å². The molecule has 2 aromatic rings. The molecule has 1 aromatic heterocycles. The minimum Gasteiger partial charge on any atom is -0.460 e. The number of benzene rings is 1. The highest BCUT2D eigenvalue weighted by Crippen LogP contribution is 2.22. The molecule has 1 N–H and O–H groups in total. The maximum absolute atomic E-state index is 11.6. The Kier molecular flexibility index (Phi) is 6.49. The molecule has 0 bridgehead atoms. The number of amides is 2. The van der Waals surface area contributed by atoms with E-state index in [-0.39, 0.29) is 18.1 Å². The van der Waals surface area contributed by atoms with Crippen molar-refractivity contribution in [3.8, 4) is 17.9 Å². The molecular formula is C22H26N4O2. The Bertz CT molecular complexity index is 847. The number of nitrogens with one attached hydrogen (secondary N) is 1. The molecule has 0 saturated heterocycles. The second-order valence-electron chi connectivity index (χ2n) is 7.28. The molecule has 0 spiro atoms. The van der Waals surface area contributed by atoms with E-state index in [1.807, 2.05) is 24.3 Å². The highest BCUT2D eigenvalue weighted by atomic mass is 16.5. The van der Waals surface area contributed by atoms with Crippen molar-refractivity contribution >= 4 is 6.03 Å². The Labute approximate surface area is 166 Å². The number of ether oxygens (including phenoxy) is 1. The predicted molar refractivity (Wildman–Crippen MR) is 108 cm³/mol. The molecule has 1 saturated carbocycles. The maximum atomic E-state index is 11.6. The molecule has 1 atom stereocenters. The SMILES string of the molecule is CC(CNC(=O)N(C)C)c1ccc(C#Cc2cnc(OC3CCC3)nc2)cc1. The first-order valence-electron chi connectivity index (χ1n) is 9.57. The summed E-state index contributed by atoms with van der Waals surface area (Å²) in [5.41, 5.74) is 2.83. The van der Waals surface area contributed by atoms with Crippen molar-refractivity contribution in [3.63, 3.8) is 0 Å². The molecule has 1 aliphatic rings. The van der Waals surface area contributed by atoms with Gasteiger partial charge in [0, 0.05) is 38.6 Å². The van der Waals surface area contributed by atoms with Gasteiger partial charge in [-0.2, -0.15) is 0 Å². The number of nitrogens with zero attached hydrogens (tertiary/aromatic N) is 3. The van der Waals surface area contributed by atoms with E-state index in [2.05, 4.69) is 34.0 Å². The van der Waals surface area contributed by atoms with E-state index in [0.717, 1.165) is 29.5 Å². The van der Waals surface area contributed by atoms with Crippen LogP contribution in [-0.4, -0.2) is 47.6 Å². The van der Waals surface area contributed by atoms with E-state index in [4.69, 9.17) is 4.74 Å². The quantitative estimate of drug-likeness (QED) is 0.812. The summed E-state index contributed by atoms with van der Waals surface area (Å²) >= 11 is 0. The monoisotopic (exact) mass is 378 g/mol. The lowest BCUT2D eigenvalue weighted by atomic mass is 9.96. The van der Waals surface area contributed by atoms with Gasteiger partial charge in [-0.15, -0.1) is 0 Å². The Morgan fingerprint density at radius 1 is 1.18 bits per heavy atom. The molecule has 6 nitrogen and oxygen atoms in total. The molecular weight excluding hydrogens is 352 g/mol. The average Bonchev–Trinajstić information content (AvgIpc) is 2.68. The number of carbonyl (C=O) groups excluding carboxylic acids is 1. The lowest BCUT2D eigenvalue weighted by Gasteiger charge is -2.24. The fourth-order valence-corrected chi connectivity index (χ4v) is 2.64. The first-order valence-corrected chi connectivity index (χ1v) is 9.57. The fraction of sp³-hybridized carbons (Fsp3) is 0.409. The minimum absolute atomic E-state index is 0.0827. The molecule has 1 unspecified atom stereocenters. The van der Waals surface area contributed by atoms with Gasteiger partial charge in [0.25, 0.3) is 0 Å². The van der Waals surface area contributed by atoms with Crippen LogP contribution in [0.5, 0.6) is 6.01 Å². The zero-order chi connectivity index (χ0) is 19.9. The zero-order valence-electron chi connectivity index (χ0n) is 16.6. The molecule has 0 radical (unpaired) electrons. The Morgan fingerprint density at radius 3 is 2.39 bits per heavy atom. The lowest BCUT2D eigenvalue weighted by Crippen LogP contribution is -2.36. The van der Waals surface area contributed by atoms with Crippen molar-refractivity contribution < 1.29 is 9.53 Å². The fourth-order valence-electron chi connectivity index (χ4n) is 2.64. The summed E-state index contributed by atoms with van der Waals surface area (Å²) in [6, 6.07) is 8.41. The number of hydrogen-bond donors (Lipinski definition) is 1. The van der Waals surface area contributed by atoms with Crippen molar-refractivity contribution in [2.24, 2.45) is 0 Å². The van der Waals surface area contributed by atoms with Crippen LogP contribution in [0.25, 0.3) is 0 Å². The van der Waals surface area contributed by atoms with Crippen molar-refractivity contribution in [2.75, 3.05) is 20.6 Å². The molecule has 1 heterocycles. The third kappa shape index (κ3) is 5.46. The second-order valence-corrected chi connectivity index (χ2v) is 7.28. The molecule has 1 fully saturated rings. The molecule has 3 rings (SSSR count). The van der Waals surface area contributed by atoms with E-state index < -0.39 is 0 Å². The van der Waals surface area contributed by atoms with Crippen LogP contribution in [0, 0.1) is 11.8 Å². The van der Waals surface area contributed by atoms with Gasteiger partial charge in [0.15, 0.2) is 0 Å². The maximum Gasteiger partial charge on any atom is 0.316 e. The Morgan fingerprint density at radius 2 is 1.82 bits per heavy atom. The molecule has 6 heteroatoms. The summed E-state index contributed by atoms with van der Waals surface area (Å²) in [6.07, 6.45) is 7.05. The molecule has 1 aromatic carbocycles. The molecule has 0 aliphatic heterocycles. The smallest absolute Gasteiger partial charge is 0.316 e. The number of hydrogen-bond acceptors (Lipinski definition) is 4. The number of urea groups is 1. The summed E-state index contributed by atoms with van der Waals surface area (Å²) in [6.45, 7) is 2.68. The topological polar surface area (TPSA) is 67.4 Å². The van der Waals surface area contributed by atoms with E-state index in [1.54, 1.807) is 26.5 Å². The van der Waals surface area contributed by atoms with E-state index in [1.165, 1.54) is 11.3 Å². The van der Waals surface area contributed by atoms with Gasteiger partial charge < -0.3 is 15.0 Å². The normalized spacial score (nSPS) is 14.2. The largest absolute Gasteiger partial charge is 0.460 e. The number of rotatable bonds is 5. The standard InChI is InChI=1S/C22H26N4O2/c1-16(13-25-22(27)26(2)3)19-11-9-17(10-12-19)7-8-18-14-23-21(24-15-18)28-20-5-4-6-20/h9-12,14-16,20H,4-6,13H2,1-3H3,(H,25,27). The van der Waals surface area contributed by atoms with Gasteiger partial charge in [0.2, 0.25) is 0 Å². The molecule has 28 heavy (non-hydrogen) atoms. The van der Waals surface area contributed by atoms with Crippen LogP contribution >= 0.6 is 0 Å². The van der Waals surface area contributed by atoms with Crippen LogP contribution in [0.15, 0.2) is 36.7 Å². The Balaban J connectivity index is 1.54. The van der Waals surface area contributed by atoms with Gasteiger partial charge in [-0.3, -0.25) is 0 Å². The van der Waals surface area contributed by atoms with Crippen molar-refractivity contribution in [1.82, 2.24) is 20.2 Å². The molecule has 2 amide bonds. The molecule has 1 aliphatic carbocycles. The summed E-state index contributed by atoms with van der Waals surface area (Å²) in [5, 5.41) is 2.90. The number of carbonyl (C=O) groups is 1. The minimum atomic E-state index is -0.0827. The van der Waals surface area contributed by atoms with Gasteiger partial charge in [0.1, 0.15) is 6.10 Å². The van der Waals surface area contributed by atoms with E-state index in [9.17, 15) is 4.79 Å². The molecule has 146 valence electrons. The van der Waals surface area contributed by atoms with Gasteiger partial charge in [-0.1, -0.05) is 30.9 Å². The van der Waals surface area contributed by atoms with Gasteiger partial charge >= 0.3 is 12.0 Å². The van der Waals surface area contributed by atoms with E-state index >= 15 is 0 Å². The lowest BCUT2D eigenvalue weighted by molar-refractivity contribution is 0.108. The highest BCUT2D eigenvalue weighted by Gasteiger charge is 2.19. The van der Waals surface area contributed by atoms with E-state index in [0.29, 0.717) is 12.6 Å². The van der Waals surface area contributed by atoms with Crippen LogP contribution in [0.4, 0.5) is 4.79 Å². The van der Waals surface area contributed by atoms with Crippen molar-refractivity contribution in [1.29, 1.82) is 0 Å². The second kappa shape index (κ2) is 9.23. The number of aromatic nitrogens is 2. The summed E-state index contributed by atoms with van der Waals surface area (Å²) in [7, 11) is 3.46. The van der Waals surface area contributed by atoms with Crippen LogP contribution in [-0.2, 0) is 0 Å². The first-order chi connectivity index (χ1) is 13.5. The van der Waals surface area contributed by atoms with Crippen molar-refractivity contribution in [2.45, 2.75) is 38.2 Å². The average molecular weight is 378 g/mol. The first kappa shape index (κ1) is 19.7. The third-order valence-electron chi connectivity index (χ3n) is 4.75. The van der Waals surface area contributed by atoms with Crippen LogP contribution < -0.4 is 10.1 Å². The van der Waals surface area contributed by atoms with Gasteiger partial charge in [0.05, 0.1) is 5.56 Å². The summed E-state index contributed by atoms with van der Waals surface area (Å²) in [4.78, 5) is 21.6. The predicted octanol–water partition coefficient (Wildman–Crippen LogP) is 3.18. The Hall–Kier alpha value is -3.07. The summed E-state index contributed by atoms with van der Waals surface area (Å²) in [5.74, 6) is 6.43. The third-order valence-corrected chi connectivity index (χ3v) is 4.75.